The Morgan fingerprint density at radius 3 is 2.24 bits per heavy atom. The first-order chi connectivity index (χ1) is 12.1. The summed E-state index contributed by atoms with van der Waals surface area (Å²) < 4.78 is 7.06. The number of aromatic nitrogens is 1. The van der Waals surface area contributed by atoms with Gasteiger partial charge in [-0.05, 0) is 30.7 Å². The van der Waals surface area contributed by atoms with Gasteiger partial charge in [0.25, 0.3) is 11.8 Å². The fraction of sp³-hybridized carbons (Fsp3) is 0.368. The van der Waals surface area contributed by atoms with Crippen LogP contribution < -0.4 is 4.74 Å². The highest BCUT2D eigenvalue weighted by Gasteiger charge is 2.24. The monoisotopic (exact) mass is 341 g/mol. The van der Waals surface area contributed by atoms with Crippen LogP contribution >= 0.6 is 0 Å². The number of hydrogen-bond donors (Lipinski definition) is 0. The van der Waals surface area contributed by atoms with Crippen LogP contribution in [0.2, 0.25) is 0 Å². The van der Waals surface area contributed by atoms with Crippen molar-refractivity contribution in [3.8, 4) is 5.75 Å². The van der Waals surface area contributed by atoms with E-state index in [1.165, 1.54) is 0 Å². The topological polar surface area (TPSA) is 54.8 Å². The molecule has 0 unspecified atom stereocenters. The lowest BCUT2D eigenvalue weighted by atomic mass is 10.2. The van der Waals surface area contributed by atoms with Gasteiger partial charge in [0.15, 0.2) is 0 Å². The molecule has 132 valence electrons. The van der Waals surface area contributed by atoms with Crippen molar-refractivity contribution in [3.05, 3.63) is 53.9 Å². The first-order valence-corrected chi connectivity index (χ1v) is 8.43. The van der Waals surface area contributed by atoms with E-state index in [2.05, 4.69) is 0 Å². The van der Waals surface area contributed by atoms with Gasteiger partial charge in [-0.25, -0.2) is 0 Å². The van der Waals surface area contributed by atoms with E-state index in [0.717, 1.165) is 6.42 Å². The van der Waals surface area contributed by atoms with Gasteiger partial charge in [-0.2, -0.15) is 0 Å². The van der Waals surface area contributed by atoms with Crippen LogP contribution in [-0.2, 0) is 7.05 Å². The highest BCUT2D eigenvalue weighted by molar-refractivity contribution is 5.95. The average Bonchev–Trinajstić information content (AvgIpc) is 2.93. The van der Waals surface area contributed by atoms with Crippen molar-refractivity contribution < 1.29 is 14.3 Å². The third-order valence-corrected chi connectivity index (χ3v) is 4.47. The van der Waals surface area contributed by atoms with Gasteiger partial charge in [0.05, 0.1) is 12.7 Å². The number of aryl methyl sites for hydroxylation is 1. The van der Waals surface area contributed by atoms with Crippen molar-refractivity contribution in [2.75, 3.05) is 33.3 Å². The molecule has 25 heavy (non-hydrogen) atoms. The summed E-state index contributed by atoms with van der Waals surface area (Å²) >= 11 is 0. The SMILES string of the molecule is COc1cccc(C(=O)N2CCCN(C(=O)c3ccn(C)c3)CC2)c1. The van der Waals surface area contributed by atoms with Gasteiger partial charge >= 0.3 is 0 Å². The van der Waals surface area contributed by atoms with E-state index in [0.29, 0.717) is 43.1 Å². The fourth-order valence-corrected chi connectivity index (χ4v) is 3.07. The summed E-state index contributed by atoms with van der Waals surface area (Å²) in [4.78, 5) is 29.0. The molecule has 1 aliphatic rings. The number of amides is 2. The van der Waals surface area contributed by atoms with E-state index in [1.54, 1.807) is 19.2 Å². The fourth-order valence-electron chi connectivity index (χ4n) is 3.07. The molecule has 0 aliphatic carbocycles. The zero-order chi connectivity index (χ0) is 17.8. The molecular formula is C19H23N3O3. The Morgan fingerprint density at radius 1 is 0.960 bits per heavy atom. The van der Waals surface area contributed by atoms with Crippen LogP contribution in [0, 0.1) is 0 Å². The zero-order valence-electron chi connectivity index (χ0n) is 14.6. The molecule has 1 aliphatic heterocycles. The standard InChI is InChI=1S/C19H23N3O3/c1-20-10-7-16(14-20)19(24)22-9-4-8-21(11-12-22)18(23)15-5-3-6-17(13-15)25-2/h3,5-7,10,13-14H,4,8-9,11-12H2,1-2H3. The summed E-state index contributed by atoms with van der Waals surface area (Å²) in [6.07, 6.45) is 4.46. The quantitative estimate of drug-likeness (QED) is 0.858. The van der Waals surface area contributed by atoms with Crippen molar-refractivity contribution in [3.63, 3.8) is 0 Å². The summed E-state index contributed by atoms with van der Waals surface area (Å²) in [7, 11) is 3.48. The predicted molar refractivity (Wildman–Crippen MR) is 94.8 cm³/mol. The van der Waals surface area contributed by atoms with Crippen molar-refractivity contribution in [2.45, 2.75) is 6.42 Å². The lowest BCUT2D eigenvalue weighted by Crippen LogP contribution is -2.37. The largest absolute Gasteiger partial charge is 0.497 e. The number of carbonyl (C=O) groups is 2. The zero-order valence-corrected chi connectivity index (χ0v) is 14.6. The second-order valence-electron chi connectivity index (χ2n) is 6.24. The van der Waals surface area contributed by atoms with Gasteiger partial charge in [0.2, 0.25) is 0 Å². The van der Waals surface area contributed by atoms with Crippen LogP contribution in [0.3, 0.4) is 0 Å². The van der Waals surface area contributed by atoms with Gasteiger partial charge in [-0.3, -0.25) is 9.59 Å². The first kappa shape index (κ1) is 17.1. The van der Waals surface area contributed by atoms with Crippen molar-refractivity contribution >= 4 is 11.8 Å². The highest BCUT2D eigenvalue weighted by atomic mass is 16.5. The lowest BCUT2D eigenvalue weighted by Gasteiger charge is -2.22. The molecule has 6 nitrogen and oxygen atoms in total. The second kappa shape index (κ2) is 7.42. The number of rotatable bonds is 3. The van der Waals surface area contributed by atoms with Gasteiger partial charge in [-0.15, -0.1) is 0 Å². The third-order valence-electron chi connectivity index (χ3n) is 4.47. The minimum absolute atomic E-state index is 0.0205. The second-order valence-corrected chi connectivity index (χ2v) is 6.24. The van der Waals surface area contributed by atoms with Gasteiger partial charge < -0.3 is 19.1 Å². The molecule has 1 saturated heterocycles. The maximum atomic E-state index is 12.7. The number of carbonyl (C=O) groups excluding carboxylic acids is 2. The van der Waals surface area contributed by atoms with Gasteiger partial charge in [-0.1, -0.05) is 6.07 Å². The first-order valence-electron chi connectivity index (χ1n) is 8.43. The molecule has 0 radical (unpaired) electrons. The summed E-state index contributed by atoms with van der Waals surface area (Å²) in [5, 5.41) is 0. The van der Waals surface area contributed by atoms with Crippen LogP contribution in [0.5, 0.6) is 5.75 Å². The number of nitrogens with zero attached hydrogens (tertiary/aromatic N) is 3. The Labute approximate surface area is 147 Å². The van der Waals surface area contributed by atoms with Crippen molar-refractivity contribution in [1.29, 1.82) is 0 Å². The predicted octanol–water partition coefficient (Wildman–Crippen LogP) is 2.02. The van der Waals surface area contributed by atoms with Crippen LogP contribution in [0.1, 0.15) is 27.1 Å². The third kappa shape index (κ3) is 3.84. The van der Waals surface area contributed by atoms with Crippen LogP contribution in [0.4, 0.5) is 0 Å². The molecule has 0 N–H and O–H groups in total. The molecule has 1 aromatic heterocycles. The van der Waals surface area contributed by atoms with E-state index in [1.807, 2.05) is 52.0 Å². The normalized spacial score (nSPS) is 15.0. The molecular weight excluding hydrogens is 318 g/mol. The van der Waals surface area contributed by atoms with Crippen LogP contribution in [-0.4, -0.2) is 59.5 Å². The molecule has 6 heteroatoms. The molecule has 2 heterocycles. The number of ether oxygens (including phenoxy) is 1. The smallest absolute Gasteiger partial charge is 0.255 e. The average molecular weight is 341 g/mol. The van der Waals surface area contributed by atoms with Crippen molar-refractivity contribution in [1.82, 2.24) is 14.4 Å². The number of hydrogen-bond acceptors (Lipinski definition) is 3. The lowest BCUT2D eigenvalue weighted by molar-refractivity contribution is 0.0718. The van der Waals surface area contributed by atoms with Crippen LogP contribution in [0.15, 0.2) is 42.7 Å². The summed E-state index contributed by atoms with van der Waals surface area (Å²) in [6.45, 7) is 2.39. The minimum Gasteiger partial charge on any atom is -0.497 e. The molecule has 0 saturated carbocycles. The Balaban J connectivity index is 1.66. The van der Waals surface area contributed by atoms with Crippen molar-refractivity contribution in [2.24, 2.45) is 7.05 Å². The maximum Gasteiger partial charge on any atom is 0.255 e. The summed E-state index contributed by atoms with van der Waals surface area (Å²) in [5.74, 6) is 0.672. The molecule has 0 bridgehead atoms. The van der Waals surface area contributed by atoms with Crippen LogP contribution in [0.25, 0.3) is 0 Å². The Kier molecular flexibility index (Phi) is 5.07. The molecule has 3 rings (SSSR count). The number of methoxy groups -OCH3 is 1. The number of benzene rings is 1. The van der Waals surface area contributed by atoms with E-state index in [-0.39, 0.29) is 11.8 Å². The van der Waals surface area contributed by atoms with E-state index < -0.39 is 0 Å². The van der Waals surface area contributed by atoms with Gasteiger partial charge in [0.1, 0.15) is 5.75 Å². The molecule has 2 aromatic rings. The van der Waals surface area contributed by atoms with E-state index in [4.69, 9.17) is 4.74 Å². The van der Waals surface area contributed by atoms with Gasteiger partial charge in [0, 0.05) is 51.2 Å². The Bertz CT molecular complexity index is 769. The summed E-state index contributed by atoms with van der Waals surface area (Å²) in [5.41, 5.74) is 1.30. The molecule has 0 atom stereocenters. The maximum absolute atomic E-state index is 12.7. The molecule has 1 aromatic carbocycles. The minimum atomic E-state index is -0.0205. The molecule has 1 fully saturated rings. The van der Waals surface area contributed by atoms with E-state index >= 15 is 0 Å². The van der Waals surface area contributed by atoms with E-state index in [9.17, 15) is 9.59 Å². The summed E-state index contributed by atoms with van der Waals surface area (Å²) in [6, 6.07) is 9.00. The molecule has 2 amide bonds. The Hall–Kier alpha value is -2.76. The highest BCUT2D eigenvalue weighted by Crippen LogP contribution is 2.16. The Morgan fingerprint density at radius 2 is 1.64 bits per heavy atom. The molecule has 0 spiro atoms.